The molecule has 0 fully saturated rings. The summed E-state index contributed by atoms with van der Waals surface area (Å²) < 4.78 is 29.1. The molecule has 0 saturated heterocycles. The molecule has 6 nitrogen and oxygen atoms in total. The summed E-state index contributed by atoms with van der Waals surface area (Å²) in [5.74, 6) is -1.44. The highest BCUT2D eigenvalue weighted by atomic mass is 32.2. The van der Waals surface area contributed by atoms with E-state index in [1.54, 1.807) is 6.07 Å². The van der Waals surface area contributed by atoms with E-state index in [9.17, 15) is 18.0 Å². The first-order chi connectivity index (χ1) is 12.3. The predicted molar refractivity (Wildman–Crippen MR) is 97.5 cm³/mol. The Labute approximate surface area is 153 Å². The van der Waals surface area contributed by atoms with E-state index in [-0.39, 0.29) is 16.2 Å². The van der Waals surface area contributed by atoms with Gasteiger partial charge in [0, 0.05) is 6.54 Å². The van der Waals surface area contributed by atoms with Gasteiger partial charge in [0.05, 0.1) is 16.2 Å². The number of ether oxygens (including phenoxy) is 1. The van der Waals surface area contributed by atoms with Crippen molar-refractivity contribution in [1.29, 1.82) is 0 Å². The second-order valence-electron chi connectivity index (χ2n) is 5.68. The van der Waals surface area contributed by atoms with Gasteiger partial charge in [-0.2, -0.15) is 0 Å². The normalized spacial score (nSPS) is 11.0. The van der Waals surface area contributed by atoms with Crippen LogP contribution in [0.4, 0.5) is 0 Å². The highest BCUT2D eigenvalue weighted by Crippen LogP contribution is 2.18. The van der Waals surface area contributed by atoms with Crippen molar-refractivity contribution >= 4 is 21.7 Å². The average molecular weight is 375 g/mol. The van der Waals surface area contributed by atoms with E-state index in [1.807, 2.05) is 31.2 Å². The molecule has 0 saturated carbocycles. The number of rotatable bonds is 7. The van der Waals surface area contributed by atoms with Gasteiger partial charge in [-0.05, 0) is 30.2 Å². The number of hydrogen-bond acceptors (Lipinski definition) is 5. The third kappa shape index (κ3) is 4.92. The lowest BCUT2D eigenvalue weighted by Crippen LogP contribution is -2.29. The molecule has 7 heteroatoms. The van der Waals surface area contributed by atoms with Gasteiger partial charge in [-0.15, -0.1) is 0 Å². The highest BCUT2D eigenvalue weighted by molar-refractivity contribution is 7.91. The van der Waals surface area contributed by atoms with Crippen molar-refractivity contribution in [2.75, 3.05) is 12.4 Å². The smallest absolute Gasteiger partial charge is 0.339 e. The minimum Gasteiger partial charge on any atom is -0.452 e. The van der Waals surface area contributed by atoms with Crippen molar-refractivity contribution in [3.05, 3.63) is 65.2 Å². The van der Waals surface area contributed by atoms with Gasteiger partial charge >= 0.3 is 5.97 Å². The quantitative estimate of drug-likeness (QED) is 0.750. The third-order valence-electron chi connectivity index (χ3n) is 3.89. The Morgan fingerprint density at radius 3 is 2.38 bits per heavy atom. The van der Waals surface area contributed by atoms with E-state index in [0.29, 0.717) is 6.54 Å². The average Bonchev–Trinajstić information content (AvgIpc) is 2.65. The lowest BCUT2D eigenvalue weighted by Gasteiger charge is -2.10. The molecule has 0 heterocycles. The van der Waals surface area contributed by atoms with Crippen molar-refractivity contribution in [3.63, 3.8) is 0 Å². The van der Waals surface area contributed by atoms with Crippen LogP contribution >= 0.6 is 0 Å². The summed E-state index contributed by atoms with van der Waals surface area (Å²) >= 11 is 0. The van der Waals surface area contributed by atoms with E-state index in [2.05, 4.69) is 5.32 Å². The highest BCUT2D eigenvalue weighted by Gasteiger charge is 2.22. The second kappa shape index (κ2) is 8.62. The Bertz CT molecular complexity index is 906. The number of hydrogen-bond donors (Lipinski definition) is 1. The molecule has 0 spiro atoms. The second-order valence-corrected chi connectivity index (χ2v) is 7.93. The maximum atomic E-state index is 12.2. The number of aryl methyl sites for hydroxylation is 1. The maximum Gasteiger partial charge on any atom is 0.339 e. The van der Waals surface area contributed by atoms with Crippen LogP contribution in [-0.2, 0) is 25.9 Å². The summed E-state index contributed by atoms with van der Waals surface area (Å²) in [6.07, 6.45) is 0. The van der Waals surface area contributed by atoms with Crippen molar-refractivity contribution in [2.45, 2.75) is 25.3 Å². The lowest BCUT2D eigenvalue weighted by molar-refractivity contribution is -0.124. The summed E-state index contributed by atoms with van der Waals surface area (Å²) in [7, 11) is -3.56. The first kappa shape index (κ1) is 19.7. The first-order valence-electron chi connectivity index (χ1n) is 8.15. The Balaban J connectivity index is 1.97. The predicted octanol–water partition coefficient (Wildman–Crippen LogP) is 2.26. The van der Waals surface area contributed by atoms with E-state index in [1.165, 1.54) is 25.1 Å². The number of esters is 1. The molecular weight excluding hydrogens is 354 g/mol. The first-order valence-corrected chi connectivity index (χ1v) is 9.80. The van der Waals surface area contributed by atoms with Crippen molar-refractivity contribution < 1.29 is 22.7 Å². The Hall–Kier alpha value is -2.67. The van der Waals surface area contributed by atoms with Crippen LogP contribution in [0.15, 0.2) is 53.4 Å². The molecule has 0 aliphatic rings. The summed E-state index contributed by atoms with van der Waals surface area (Å²) in [4.78, 5) is 24.0. The van der Waals surface area contributed by atoms with E-state index in [4.69, 9.17) is 4.74 Å². The standard InChI is InChI=1S/C19H21NO5S/c1-3-26(23,24)17-11-7-6-10-16(17)19(22)25-13-18(21)20-12-15-9-5-4-8-14(15)2/h4-11H,3,12-13H2,1-2H3,(H,20,21). The van der Waals surface area contributed by atoms with Crippen molar-refractivity contribution in [1.82, 2.24) is 5.32 Å². The molecule has 2 aromatic rings. The molecular formula is C19H21NO5S. The van der Waals surface area contributed by atoms with E-state index < -0.39 is 28.3 Å². The van der Waals surface area contributed by atoms with Gasteiger partial charge in [-0.3, -0.25) is 4.79 Å². The molecule has 0 radical (unpaired) electrons. The van der Waals surface area contributed by atoms with Gasteiger partial charge in [-0.25, -0.2) is 13.2 Å². The van der Waals surface area contributed by atoms with Gasteiger partial charge < -0.3 is 10.1 Å². The minimum atomic E-state index is -3.56. The maximum absolute atomic E-state index is 12.2. The Morgan fingerprint density at radius 1 is 1.04 bits per heavy atom. The van der Waals surface area contributed by atoms with Crippen LogP contribution in [0.2, 0.25) is 0 Å². The molecule has 0 aliphatic heterocycles. The zero-order chi connectivity index (χ0) is 19.2. The number of benzene rings is 2. The Morgan fingerprint density at radius 2 is 1.69 bits per heavy atom. The van der Waals surface area contributed by atoms with Gasteiger partial charge in [0.2, 0.25) is 0 Å². The zero-order valence-electron chi connectivity index (χ0n) is 14.7. The fourth-order valence-corrected chi connectivity index (χ4v) is 3.41. The van der Waals surface area contributed by atoms with Crippen LogP contribution in [0.25, 0.3) is 0 Å². The number of nitrogens with one attached hydrogen (secondary N) is 1. The summed E-state index contributed by atoms with van der Waals surface area (Å²) in [6, 6.07) is 13.4. The topological polar surface area (TPSA) is 89.5 Å². The molecule has 0 bridgehead atoms. The van der Waals surface area contributed by atoms with Crippen LogP contribution in [0.1, 0.15) is 28.4 Å². The molecule has 0 aliphatic carbocycles. The number of amides is 1. The van der Waals surface area contributed by atoms with E-state index >= 15 is 0 Å². The molecule has 0 atom stereocenters. The van der Waals surface area contributed by atoms with Gasteiger partial charge in [0.25, 0.3) is 5.91 Å². The molecule has 2 aromatic carbocycles. The fraction of sp³-hybridized carbons (Fsp3) is 0.263. The van der Waals surface area contributed by atoms with Crippen LogP contribution in [0.3, 0.4) is 0 Å². The number of carbonyl (C=O) groups excluding carboxylic acids is 2. The minimum absolute atomic E-state index is 0.0685. The van der Waals surface area contributed by atoms with Crippen LogP contribution in [0, 0.1) is 6.92 Å². The van der Waals surface area contributed by atoms with Crippen molar-refractivity contribution in [2.24, 2.45) is 0 Å². The van der Waals surface area contributed by atoms with Gasteiger partial charge in [-0.1, -0.05) is 43.3 Å². The van der Waals surface area contributed by atoms with Crippen LogP contribution in [-0.4, -0.2) is 32.7 Å². The molecule has 2 rings (SSSR count). The summed E-state index contributed by atoms with van der Waals surface area (Å²) in [5, 5.41) is 2.67. The zero-order valence-corrected chi connectivity index (χ0v) is 15.5. The van der Waals surface area contributed by atoms with Crippen LogP contribution < -0.4 is 5.32 Å². The molecule has 1 N–H and O–H groups in total. The monoisotopic (exact) mass is 375 g/mol. The fourth-order valence-electron chi connectivity index (χ4n) is 2.32. The van der Waals surface area contributed by atoms with E-state index in [0.717, 1.165) is 11.1 Å². The molecule has 26 heavy (non-hydrogen) atoms. The lowest BCUT2D eigenvalue weighted by atomic mass is 10.1. The molecule has 0 aromatic heterocycles. The SMILES string of the molecule is CCS(=O)(=O)c1ccccc1C(=O)OCC(=O)NCc1ccccc1C. The summed E-state index contributed by atoms with van der Waals surface area (Å²) in [6.45, 7) is 3.28. The van der Waals surface area contributed by atoms with Crippen LogP contribution in [0.5, 0.6) is 0 Å². The summed E-state index contributed by atoms with van der Waals surface area (Å²) in [5.41, 5.74) is 1.94. The number of carbonyl (C=O) groups is 2. The third-order valence-corrected chi connectivity index (χ3v) is 5.68. The molecule has 138 valence electrons. The largest absolute Gasteiger partial charge is 0.452 e. The van der Waals surface area contributed by atoms with Gasteiger partial charge in [0.1, 0.15) is 0 Å². The van der Waals surface area contributed by atoms with Crippen molar-refractivity contribution in [3.8, 4) is 0 Å². The number of sulfone groups is 1. The Kier molecular flexibility index (Phi) is 6.52. The molecule has 0 unspecified atom stereocenters. The van der Waals surface area contributed by atoms with Gasteiger partial charge in [0.15, 0.2) is 16.4 Å². The molecule has 1 amide bonds.